The number of nitrogens with zero attached hydrogens (tertiary/aromatic N) is 3. The molecule has 0 bridgehead atoms. The molecule has 1 aliphatic carbocycles. The van der Waals surface area contributed by atoms with E-state index in [9.17, 15) is 4.79 Å². The number of carbonyl (C=O) groups excluding carboxylic acids is 1. The summed E-state index contributed by atoms with van der Waals surface area (Å²) in [5.41, 5.74) is 0.980. The highest BCUT2D eigenvalue weighted by molar-refractivity contribution is 5.92. The van der Waals surface area contributed by atoms with Gasteiger partial charge in [0.1, 0.15) is 5.69 Å². The van der Waals surface area contributed by atoms with Crippen LogP contribution in [0.15, 0.2) is 12.3 Å². The Morgan fingerprint density at radius 2 is 2.35 bits per heavy atom. The van der Waals surface area contributed by atoms with Crippen molar-refractivity contribution in [1.29, 1.82) is 0 Å². The van der Waals surface area contributed by atoms with Crippen LogP contribution in [-0.2, 0) is 0 Å². The third-order valence-electron chi connectivity index (χ3n) is 4.89. The minimum Gasteiger partial charge on any atom is -0.331 e. The lowest BCUT2D eigenvalue weighted by Crippen LogP contribution is -2.79. The Kier molecular flexibility index (Phi) is 1.76. The van der Waals surface area contributed by atoms with Gasteiger partial charge in [0.05, 0.1) is 6.04 Å². The summed E-state index contributed by atoms with van der Waals surface area (Å²) in [7, 11) is 0. The van der Waals surface area contributed by atoms with Crippen molar-refractivity contribution in [2.24, 2.45) is 0 Å². The van der Waals surface area contributed by atoms with E-state index in [2.05, 4.69) is 20.0 Å². The molecule has 1 saturated carbocycles. The smallest absolute Gasteiger partial charge is 0.272 e. The highest BCUT2D eigenvalue weighted by atomic mass is 16.2. The van der Waals surface area contributed by atoms with E-state index >= 15 is 0 Å². The summed E-state index contributed by atoms with van der Waals surface area (Å²) in [6.45, 7) is 3.13. The van der Waals surface area contributed by atoms with Crippen LogP contribution in [0, 0.1) is 0 Å². The van der Waals surface area contributed by atoms with Crippen LogP contribution in [0.5, 0.6) is 0 Å². The van der Waals surface area contributed by atoms with Crippen LogP contribution in [0.2, 0.25) is 0 Å². The summed E-state index contributed by atoms with van der Waals surface area (Å²) in [4.78, 5) is 17.0. The third-order valence-corrected chi connectivity index (χ3v) is 4.89. The van der Waals surface area contributed by atoms with Crippen molar-refractivity contribution in [1.82, 2.24) is 20.0 Å². The number of nitrogens with one attached hydrogen (secondary N) is 1. The summed E-state index contributed by atoms with van der Waals surface area (Å²) >= 11 is 0. The SMILES string of the molecule is O=C(c1ccn[nH]1)N1CCN2CCC23CCC13. The maximum absolute atomic E-state index is 12.4. The van der Waals surface area contributed by atoms with E-state index in [1.54, 1.807) is 12.3 Å². The molecule has 3 aliphatic rings. The van der Waals surface area contributed by atoms with E-state index in [-0.39, 0.29) is 5.91 Å². The highest BCUT2D eigenvalue weighted by Crippen LogP contribution is 2.51. The zero-order chi connectivity index (χ0) is 11.5. The van der Waals surface area contributed by atoms with E-state index in [1.165, 1.54) is 19.4 Å². The molecule has 1 spiro atoms. The fourth-order valence-electron chi connectivity index (χ4n) is 3.76. The molecule has 0 aromatic carbocycles. The van der Waals surface area contributed by atoms with Crippen molar-refractivity contribution >= 4 is 5.91 Å². The van der Waals surface area contributed by atoms with E-state index in [1.807, 2.05) is 0 Å². The number of aromatic nitrogens is 2. The zero-order valence-corrected chi connectivity index (χ0v) is 9.72. The maximum Gasteiger partial charge on any atom is 0.272 e. The molecule has 2 saturated heterocycles. The predicted molar refractivity (Wildman–Crippen MR) is 61.6 cm³/mol. The first-order chi connectivity index (χ1) is 8.31. The van der Waals surface area contributed by atoms with Crippen LogP contribution < -0.4 is 0 Å². The number of rotatable bonds is 1. The Labute approximate surface area is 99.8 Å². The second-order valence-electron chi connectivity index (χ2n) is 5.36. The number of piperazine rings is 1. The molecule has 1 aromatic heterocycles. The second-order valence-corrected chi connectivity index (χ2v) is 5.36. The Balaban J connectivity index is 1.61. The number of H-pyrrole nitrogens is 1. The first-order valence-corrected chi connectivity index (χ1v) is 6.37. The summed E-state index contributed by atoms with van der Waals surface area (Å²) in [5.74, 6) is 0.123. The third kappa shape index (κ3) is 1.08. The van der Waals surface area contributed by atoms with Crippen molar-refractivity contribution in [3.05, 3.63) is 18.0 Å². The fourth-order valence-corrected chi connectivity index (χ4v) is 3.76. The van der Waals surface area contributed by atoms with Gasteiger partial charge in [-0.15, -0.1) is 0 Å². The summed E-state index contributed by atoms with van der Waals surface area (Å²) in [6.07, 6.45) is 5.34. The molecule has 17 heavy (non-hydrogen) atoms. The van der Waals surface area contributed by atoms with E-state index in [4.69, 9.17) is 0 Å². The quantitative estimate of drug-likeness (QED) is 0.766. The van der Waals surface area contributed by atoms with Gasteiger partial charge in [0.15, 0.2) is 0 Å². The summed E-state index contributed by atoms with van der Waals surface area (Å²) in [6, 6.07) is 2.21. The molecular formula is C12H16N4O. The monoisotopic (exact) mass is 232 g/mol. The lowest BCUT2D eigenvalue weighted by atomic mass is 9.61. The molecule has 4 rings (SSSR count). The molecule has 3 fully saturated rings. The van der Waals surface area contributed by atoms with Crippen molar-refractivity contribution < 1.29 is 4.79 Å². The van der Waals surface area contributed by atoms with Crippen molar-refractivity contribution in [3.63, 3.8) is 0 Å². The molecule has 3 heterocycles. The number of amides is 1. The summed E-state index contributed by atoms with van der Waals surface area (Å²) < 4.78 is 0. The molecule has 90 valence electrons. The molecule has 2 unspecified atom stereocenters. The topological polar surface area (TPSA) is 52.2 Å². The van der Waals surface area contributed by atoms with E-state index in [0.717, 1.165) is 19.5 Å². The largest absolute Gasteiger partial charge is 0.331 e. The second kappa shape index (κ2) is 3.10. The first kappa shape index (κ1) is 9.65. The van der Waals surface area contributed by atoms with Crippen molar-refractivity contribution in [2.45, 2.75) is 30.8 Å². The van der Waals surface area contributed by atoms with Gasteiger partial charge in [-0.05, 0) is 25.3 Å². The maximum atomic E-state index is 12.4. The van der Waals surface area contributed by atoms with Crippen LogP contribution in [0.3, 0.4) is 0 Å². The van der Waals surface area contributed by atoms with Gasteiger partial charge in [-0.25, -0.2) is 0 Å². The van der Waals surface area contributed by atoms with Crippen LogP contribution in [-0.4, -0.2) is 57.1 Å². The molecule has 0 radical (unpaired) electrons. The first-order valence-electron chi connectivity index (χ1n) is 6.37. The molecule has 5 heteroatoms. The van der Waals surface area contributed by atoms with Crippen LogP contribution in [0.4, 0.5) is 0 Å². The fraction of sp³-hybridized carbons (Fsp3) is 0.667. The number of hydrogen-bond donors (Lipinski definition) is 1. The molecule has 2 aliphatic heterocycles. The number of carbonyl (C=O) groups is 1. The minimum atomic E-state index is 0.123. The molecule has 1 amide bonds. The highest BCUT2D eigenvalue weighted by Gasteiger charge is 2.61. The number of hydrogen-bond acceptors (Lipinski definition) is 3. The van der Waals surface area contributed by atoms with Crippen molar-refractivity contribution in [2.75, 3.05) is 19.6 Å². The van der Waals surface area contributed by atoms with E-state index in [0.29, 0.717) is 17.3 Å². The van der Waals surface area contributed by atoms with Gasteiger partial charge in [-0.2, -0.15) is 5.10 Å². The average Bonchev–Trinajstić information content (AvgIpc) is 2.75. The van der Waals surface area contributed by atoms with Crippen LogP contribution in [0.25, 0.3) is 0 Å². The van der Waals surface area contributed by atoms with Gasteiger partial charge in [0, 0.05) is 31.4 Å². The molecular weight excluding hydrogens is 216 g/mol. The minimum absolute atomic E-state index is 0.123. The van der Waals surface area contributed by atoms with E-state index < -0.39 is 0 Å². The Morgan fingerprint density at radius 3 is 2.94 bits per heavy atom. The lowest BCUT2D eigenvalue weighted by Gasteiger charge is -2.68. The Bertz CT molecular complexity index is 453. The zero-order valence-electron chi connectivity index (χ0n) is 9.72. The average molecular weight is 232 g/mol. The molecule has 5 nitrogen and oxygen atoms in total. The van der Waals surface area contributed by atoms with Gasteiger partial charge in [-0.1, -0.05) is 0 Å². The molecule has 2 atom stereocenters. The lowest BCUT2D eigenvalue weighted by molar-refractivity contribution is -0.161. The van der Waals surface area contributed by atoms with Crippen molar-refractivity contribution in [3.8, 4) is 0 Å². The van der Waals surface area contributed by atoms with Gasteiger partial charge >= 0.3 is 0 Å². The van der Waals surface area contributed by atoms with Crippen LogP contribution in [0.1, 0.15) is 29.8 Å². The predicted octanol–water partition coefficient (Wildman–Crippen LogP) is 0.472. The standard InChI is InChI=1S/C12H16N4O/c17-11(9-2-5-13-14-9)16-8-7-15-6-4-12(15)3-1-10(12)16/h2,5,10H,1,3-4,6-8H2,(H,13,14). The molecule has 1 aromatic rings. The normalized spacial score (nSPS) is 35.5. The van der Waals surface area contributed by atoms with Gasteiger partial charge in [0.2, 0.25) is 0 Å². The van der Waals surface area contributed by atoms with Gasteiger partial charge in [-0.3, -0.25) is 14.8 Å². The van der Waals surface area contributed by atoms with Gasteiger partial charge < -0.3 is 4.90 Å². The van der Waals surface area contributed by atoms with Gasteiger partial charge in [0.25, 0.3) is 5.91 Å². The molecule has 1 N–H and O–H groups in total. The Hall–Kier alpha value is -1.36. The van der Waals surface area contributed by atoms with Crippen LogP contribution >= 0.6 is 0 Å². The number of aromatic amines is 1. The summed E-state index contributed by atoms with van der Waals surface area (Å²) in [5, 5.41) is 6.64. The Morgan fingerprint density at radius 1 is 1.41 bits per heavy atom.